The van der Waals surface area contributed by atoms with E-state index >= 15 is 0 Å². The van der Waals surface area contributed by atoms with E-state index < -0.39 is 0 Å². The van der Waals surface area contributed by atoms with Crippen molar-refractivity contribution in [2.45, 2.75) is 23.9 Å². The normalized spacial score (nSPS) is 12.4. The minimum atomic E-state index is -0.358. The predicted octanol–water partition coefficient (Wildman–Crippen LogP) is 0.430. The van der Waals surface area contributed by atoms with E-state index in [9.17, 15) is 4.79 Å². The van der Waals surface area contributed by atoms with E-state index in [1.54, 1.807) is 23.9 Å². The van der Waals surface area contributed by atoms with Crippen molar-refractivity contribution >= 4 is 17.7 Å². The van der Waals surface area contributed by atoms with Gasteiger partial charge in [-0.1, -0.05) is 17.8 Å². The number of rotatable bonds is 5. The first-order valence-electron chi connectivity index (χ1n) is 4.09. The predicted molar refractivity (Wildman–Crippen MR) is 54.7 cm³/mol. The second-order valence-electron chi connectivity index (χ2n) is 2.72. The standard InChI is InChI=1S/C8H12N4OS/c1-3-4-12-5-10-11-8(12)14-6(2)7(9)13/h3,5-6H,1,4H2,2H3,(H2,9,13)/t6-/m1/s1. The Kier molecular flexibility index (Phi) is 3.70. The summed E-state index contributed by atoms with van der Waals surface area (Å²) in [5.41, 5.74) is 5.14. The molecule has 76 valence electrons. The van der Waals surface area contributed by atoms with Crippen molar-refractivity contribution in [3.8, 4) is 0 Å². The lowest BCUT2D eigenvalue weighted by Crippen LogP contribution is -2.23. The Balaban J connectivity index is 2.70. The van der Waals surface area contributed by atoms with Crippen molar-refractivity contribution in [2.24, 2.45) is 5.73 Å². The number of hydrogen-bond acceptors (Lipinski definition) is 4. The van der Waals surface area contributed by atoms with Crippen LogP contribution in [0.3, 0.4) is 0 Å². The molecule has 1 rings (SSSR count). The minimum absolute atomic E-state index is 0.303. The van der Waals surface area contributed by atoms with Crippen LogP contribution in [0.4, 0.5) is 0 Å². The van der Waals surface area contributed by atoms with Crippen LogP contribution in [-0.4, -0.2) is 25.9 Å². The molecule has 1 atom stereocenters. The van der Waals surface area contributed by atoms with Crippen LogP contribution in [0.1, 0.15) is 6.92 Å². The molecule has 1 aromatic heterocycles. The van der Waals surface area contributed by atoms with Crippen LogP contribution >= 0.6 is 11.8 Å². The molecule has 1 amide bonds. The highest BCUT2D eigenvalue weighted by Crippen LogP contribution is 2.20. The van der Waals surface area contributed by atoms with E-state index in [4.69, 9.17) is 5.73 Å². The number of carbonyl (C=O) groups excluding carboxylic acids is 1. The van der Waals surface area contributed by atoms with E-state index in [1.807, 2.05) is 0 Å². The molecule has 0 aromatic carbocycles. The zero-order chi connectivity index (χ0) is 10.6. The van der Waals surface area contributed by atoms with E-state index in [0.717, 1.165) is 0 Å². The number of allylic oxidation sites excluding steroid dienone is 1. The van der Waals surface area contributed by atoms with Crippen LogP contribution in [-0.2, 0) is 11.3 Å². The topological polar surface area (TPSA) is 73.8 Å². The van der Waals surface area contributed by atoms with Crippen LogP contribution in [0.5, 0.6) is 0 Å². The Morgan fingerprint density at radius 3 is 3.21 bits per heavy atom. The lowest BCUT2D eigenvalue weighted by molar-refractivity contribution is -0.117. The maximum atomic E-state index is 10.8. The first-order chi connectivity index (χ1) is 6.65. The maximum Gasteiger partial charge on any atom is 0.230 e. The van der Waals surface area contributed by atoms with Gasteiger partial charge in [-0.15, -0.1) is 16.8 Å². The number of nitrogens with two attached hydrogens (primary N) is 1. The van der Waals surface area contributed by atoms with Gasteiger partial charge in [0.2, 0.25) is 5.91 Å². The zero-order valence-corrected chi connectivity index (χ0v) is 8.70. The number of thioether (sulfide) groups is 1. The second-order valence-corrected chi connectivity index (χ2v) is 4.02. The lowest BCUT2D eigenvalue weighted by Gasteiger charge is -2.06. The molecule has 0 aliphatic heterocycles. The van der Waals surface area contributed by atoms with Gasteiger partial charge < -0.3 is 10.3 Å². The Morgan fingerprint density at radius 1 is 1.93 bits per heavy atom. The van der Waals surface area contributed by atoms with Gasteiger partial charge in [-0.3, -0.25) is 4.79 Å². The zero-order valence-electron chi connectivity index (χ0n) is 7.88. The summed E-state index contributed by atoms with van der Waals surface area (Å²) < 4.78 is 1.80. The molecule has 6 heteroatoms. The number of primary amides is 1. The van der Waals surface area contributed by atoms with Gasteiger partial charge >= 0.3 is 0 Å². The van der Waals surface area contributed by atoms with E-state index in [1.165, 1.54) is 11.8 Å². The number of hydrogen-bond donors (Lipinski definition) is 1. The van der Waals surface area contributed by atoms with Gasteiger partial charge in [0.05, 0.1) is 5.25 Å². The fourth-order valence-corrected chi connectivity index (χ4v) is 1.60. The first kappa shape index (κ1) is 10.8. The molecular formula is C8H12N4OS. The third kappa shape index (κ3) is 2.59. The molecule has 14 heavy (non-hydrogen) atoms. The molecule has 0 unspecified atom stereocenters. The monoisotopic (exact) mass is 212 g/mol. The maximum absolute atomic E-state index is 10.8. The fraction of sp³-hybridized carbons (Fsp3) is 0.375. The Bertz CT molecular complexity index is 336. The summed E-state index contributed by atoms with van der Waals surface area (Å²) in [5.74, 6) is -0.358. The first-order valence-corrected chi connectivity index (χ1v) is 4.97. The Morgan fingerprint density at radius 2 is 2.64 bits per heavy atom. The van der Waals surface area contributed by atoms with Crippen molar-refractivity contribution < 1.29 is 4.79 Å². The smallest absolute Gasteiger partial charge is 0.230 e. The average molecular weight is 212 g/mol. The van der Waals surface area contributed by atoms with Gasteiger partial charge in [0.1, 0.15) is 6.33 Å². The molecule has 5 nitrogen and oxygen atoms in total. The molecule has 0 radical (unpaired) electrons. The van der Waals surface area contributed by atoms with Crippen molar-refractivity contribution in [1.29, 1.82) is 0 Å². The molecule has 0 aliphatic rings. The highest BCUT2D eigenvalue weighted by molar-refractivity contribution is 8.00. The molecule has 2 N–H and O–H groups in total. The van der Waals surface area contributed by atoms with E-state index in [0.29, 0.717) is 11.7 Å². The van der Waals surface area contributed by atoms with Gasteiger partial charge in [0.25, 0.3) is 0 Å². The Hall–Kier alpha value is -1.30. The summed E-state index contributed by atoms with van der Waals surface area (Å²) >= 11 is 1.29. The van der Waals surface area contributed by atoms with Crippen LogP contribution in [0.2, 0.25) is 0 Å². The Labute approximate surface area is 86.4 Å². The van der Waals surface area contributed by atoms with Crippen LogP contribution in [0.25, 0.3) is 0 Å². The summed E-state index contributed by atoms with van der Waals surface area (Å²) in [6.07, 6.45) is 3.33. The lowest BCUT2D eigenvalue weighted by atomic mass is 10.5. The number of nitrogens with zero attached hydrogens (tertiary/aromatic N) is 3. The summed E-state index contributed by atoms with van der Waals surface area (Å²) in [6, 6.07) is 0. The van der Waals surface area contributed by atoms with Crippen molar-refractivity contribution in [3.63, 3.8) is 0 Å². The third-order valence-corrected chi connectivity index (χ3v) is 2.70. The molecular weight excluding hydrogens is 200 g/mol. The molecule has 0 saturated heterocycles. The molecule has 0 fully saturated rings. The highest BCUT2D eigenvalue weighted by atomic mass is 32.2. The quantitative estimate of drug-likeness (QED) is 0.567. The highest BCUT2D eigenvalue weighted by Gasteiger charge is 2.14. The fourth-order valence-electron chi connectivity index (χ4n) is 0.816. The molecule has 1 heterocycles. The van der Waals surface area contributed by atoms with Gasteiger partial charge in [-0.05, 0) is 6.92 Å². The molecule has 0 aliphatic carbocycles. The second kappa shape index (κ2) is 4.80. The molecule has 0 saturated carbocycles. The van der Waals surface area contributed by atoms with Gasteiger partial charge in [-0.25, -0.2) is 0 Å². The van der Waals surface area contributed by atoms with Crippen molar-refractivity contribution in [1.82, 2.24) is 14.8 Å². The number of amides is 1. The van der Waals surface area contributed by atoms with Crippen LogP contribution in [0, 0.1) is 0 Å². The molecule has 0 bridgehead atoms. The van der Waals surface area contributed by atoms with Gasteiger partial charge in [-0.2, -0.15) is 0 Å². The molecule has 1 aromatic rings. The summed E-state index contributed by atoms with van der Waals surface area (Å²) in [7, 11) is 0. The van der Waals surface area contributed by atoms with E-state index in [2.05, 4.69) is 16.8 Å². The summed E-state index contributed by atoms with van der Waals surface area (Å²) in [4.78, 5) is 10.8. The summed E-state index contributed by atoms with van der Waals surface area (Å²) in [5, 5.41) is 8.00. The summed E-state index contributed by atoms with van der Waals surface area (Å²) in [6.45, 7) is 5.98. The minimum Gasteiger partial charge on any atom is -0.369 e. The SMILES string of the molecule is C=CCn1cnnc1S[C@H](C)C(N)=O. The van der Waals surface area contributed by atoms with Crippen molar-refractivity contribution in [2.75, 3.05) is 0 Å². The van der Waals surface area contributed by atoms with E-state index in [-0.39, 0.29) is 11.2 Å². The average Bonchev–Trinajstić information content (AvgIpc) is 2.53. The number of aromatic nitrogens is 3. The number of carbonyl (C=O) groups is 1. The largest absolute Gasteiger partial charge is 0.369 e. The van der Waals surface area contributed by atoms with Crippen molar-refractivity contribution in [3.05, 3.63) is 19.0 Å². The molecule has 0 spiro atoms. The third-order valence-electron chi connectivity index (χ3n) is 1.59. The van der Waals surface area contributed by atoms with Crippen LogP contribution < -0.4 is 5.73 Å². The van der Waals surface area contributed by atoms with Crippen LogP contribution in [0.15, 0.2) is 24.1 Å². The van der Waals surface area contributed by atoms with Gasteiger partial charge in [0.15, 0.2) is 5.16 Å². The van der Waals surface area contributed by atoms with Gasteiger partial charge in [0, 0.05) is 6.54 Å².